The van der Waals surface area contributed by atoms with Crippen molar-refractivity contribution in [2.45, 2.75) is 11.3 Å². The van der Waals surface area contributed by atoms with Crippen LogP contribution in [0.15, 0.2) is 27.6 Å². The molecule has 0 bridgehead atoms. The number of carbonyl (C=O) groups is 1. The van der Waals surface area contributed by atoms with Crippen LogP contribution in [0.1, 0.15) is 16.8 Å². The molecular formula is C12H16BrNO5S2. The first-order valence-electron chi connectivity index (χ1n) is 6.09. The van der Waals surface area contributed by atoms with Crippen LogP contribution in [0.4, 0.5) is 0 Å². The third kappa shape index (κ3) is 5.95. The maximum Gasteiger partial charge on any atom is 0.335 e. The maximum atomic E-state index is 12.1. The number of halogens is 1. The van der Waals surface area contributed by atoms with Crippen LogP contribution in [0.5, 0.6) is 0 Å². The maximum absolute atomic E-state index is 12.1. The van der Waals surface area contributed by atoms with E-state index in [1.165, 1.54) is 23.9 Å². The normalized spacial score (nSPS) is 11.5. The second-order valence-electron chi connectivity index (χ2n) is 4.04. The number of benzene rings is 1. The van der Waals surface area contributed by atoms with E-state index < -0.39 is 16.0 Å². The third-order valence-corrected chi connectivity index (χ3v) is 5.98. The number of aliphatic hydroxyl groups is 1. The molecule has 3 N–H and O–H groups in total. The molecule has 118 valence electrons. The molecule has 9 heteroatoms. The Morgan fingerprint density at radius 1 is 1.33 bits per heavy atom. The number of thioether (sulfide) groups is 1. The smallest absolute Gasteiger partial charge is 0.335 e. The van der Waals surface area contributed by atoms with E-state index in [-0.39, 0.29) is 23.6 Å². The molecule has 0 atom stereocenters. The number of rotatable bonds is 9. The van der Waals surface area contributed by atoms with Gasteiger partial charge in [0.25, 0.3) is 0 Å². The number of hydrogen-bond acceptors (Lipinski definition) is 5. The Morgan fingerprint density at radius 3 is 2.67 bits per heavy atom. The van der Waals surface area contributed by atoms with Gasteiger partial charge in [0.15, 0.2) is 0 Å². The van der Waals surface area contributed by atoms with Gasteiger partial charge in [0, 0.05) is 23.4 Å². The summed E-state index contributed by atoms with van der Waals surface area (Å²) >= 11 is 4.65. The van der Waals surface area contributed by atoms with E-state index in [0.29, 0.717) is 16.6 Å². The Labute approximate surface area is 136 Å². The minimum absolute atomic E-state index is 0.0871. The predicted molar refractivity (Wildman–Crippen MR) is 85.3 cm³/mol. The largest absolute Gasteiger partial charge is 0.478 e. The number of hydrogen-bond donors (Lipinski definition) is 3. The number of nitrogens with one attached hydrogen (secondary N) is 1. The lowest BCUT2D eigenvalue weighted by molar-refractivity contribution is 0.0696. The highest BCUT2D eigenvalue weighted by Gasteiger charge is 2.19. The monoisotopic (exact) mass is 397 g/mol. The van der Waals surface area contributed by atoms with E-state index in [1.807, 2.05) is 0 Å². The lowest BCUT2D eigenvalue weighted by atomic mass is 10.2. The van der Waals surface area contributed by atoms with Gasteiger partial charge in [0.2, 0.25) is 10.0 Å². The van der Waals surface area contributed by atoms with Crippen molar-refractivity contribution in [1.29, 1.82) is 0 Å². The van der Waals surface area contributed by atoms with Crippen molar-refractivity contribution < 1.29 is 23.4 Å². The number of carboxylic acid groups (broad SMARTS) is 1. The summed E-state index contributed by atoms with van der Waals surface area (Å²) in [6.45, 7) is 0.357. The van der Waals surface area contributed by atoms with Gasteiger partial charge < -0.3 is 10.2 Å². The van der Waals surface area contributed by atoms with Gasteiger partial charge in [-0.1, -0.05) is 0 Å². The fraction of sp³-hybridized carbons (Fsp3) is 0.417. The first kappa shape index (κ1) is 18.4. The van der Waals surface area contributed by atoms with E-state index in [0.717, 1.165) is 11.8 Å². The molecule has 0 saturated carbocycles. The topological polar surface area (TPSA) is 104 Å². The molecule has 0 aliphatic rings. The van der Waals surface area contributed by atoms with Gasteiger partial charge in [0.1, 0.15) is 0 Å². The molecule has 1 aromatic carbocycles. The minimum Gasteiger partial charge on any atom is -0.478 e. The molecule has 1 aromatic rings. The van der Waals surface area contributed by atoms with Crippen molar-refractivity contribution in [3.63, 3.8) is 0 Å². The molecule has 1 rings (SSSR count). The van der Waals surface area contributed by atoms with Crippen molar-refractivity contribution in [2.24, 2.45) is 0 Å². The van der Waals surface area contributed by atoms with Crippen molar-refractivity contribution in [1.82, 2.24) is 4.72 Å². The second-order valence-corrected chi connectivity index (χ2v) is 7.85. The average molecular weight is 398 g/mol. The fourth-order valence-electron chi connectivity index (χ4n) is 1.44. The summed E-state index contributed by atoms with van der Waals surface area (Å²) in [7, 11) is -3.76. The average Bonchev–Trinajstić information content (AvgIpc) is 2.42. The molecule has 0 heterocycles. The molecule has 0 aromatic heterocycles. The number of sulfonamides is 1. The van der Waals surface area contributed by atoms with Crippen LogP contribution in [0.25, 0.3) is 0 Å². The van der Waals surface area contributed by atoms with Gasteiger partial charge in [-0.05, 0) is 46.3 Å². The lowest BCUT2D eigenvalue weighted by Crippen LogP contribution is -2.26. The molecule has 0 aliphatic carbocycles. The summed E-state index contributed by atoms with van der Waals surface area (Å²) in [5.41, 5.74) is -0.0871. The first-order valence-corrected chi connectivity index (χ1v) is 9.52. The molecule has 0 unspecified atom stereocenters. The zero-order valence-corrected chi connectivity index (χ0v) is 14.3. The van der Waals surface area contributed by atoms with E-state index in [2.05, 4.69) is 20.7 Å². The van der Waals surface area contributed by atoms with Crippen LogP contribution in [0.3, 0.4) is 0 Å². The highest BCUT2D eigenvalue weighted by molar-refractivity contribution is 9.10. The quantitative estimate of drug-likeness (QED) is 0.546. The molecule has 0 saturated heterocycles. The number of carboxylic acids is 1. The van der Waals surface area contributed by atoms with Crippen LogP contribution >= 0.6 is 27.7 Å². The Morgan fingerprint density at radius 2 is 2.05 bits per heavy atom. The Balaban J connectivity index is 2.70. The van der Waals surface area contributed by atoms with Crippen molar-refractivity contribution >= 4 is 43.7 Å². The van der Waals surface area contributed by atoms with Gasteiger partial charge >= 0.3 is 5.97 Å². The highest BCUT2D eigenvalue weighted by atomic mass is 79.9. The van der Waals surface area contributed by atoms with Crippen LogP contribution in [-0.4, -0.2) is 49.3 Å². The fourth-order valence-corrected chi connectivity index (χ4v) is 4.37. The molecular weight excluding hydrogens is 382 g/mol. The lowest BCUT2D eigenvalue weighted by Gasteiger charge is -2.09. The molecule has 0 radical (unpaired) electrons. The first-order chi connectivity index (χ1) is 9.88. The van der Waals surface area contributed by atoms with Gasteiger partial charge in [0.05, 0.1) is 10.5 Å². The van der Waals surface area contributed by atoms with Gasteiger partial charge in [-0.3, -0.25) is 0 Å². The Bertz CT molecular complexity index is 591. The zero-order chi connectivity index (χ0) is 15.9. The third-order valence-electron chi connectivity index (χ3n) is 2.45. The molecule has 6 nitrogen and oxygen atoms in total. The van der Waals surface area contributed by atoms with Crippen LogP contribution < -0.4 is 4.72 Å². The predicted octanol–water partition coefficient (Wildman–Crippen LogP) is 1.54. The minimum atomic E-state index is -3.76. The van der Waals surface area contributed by atoms with Crippen molar-refractivity contribution in [3.05, 3.63) is 28.2 Å². The summed E-state index contributed by atoms with van der Waals surface area (Å²) in [5.74, 6) is 0.157. The van der Waals surface area contributed by atoms with Gasteiger partial charge in [-0.2, -0.15) is 11.8 Å². The van der Waals surface area contributed by atoms with Gasteiger partial charge in [-0.15, -0.1) is 0 Å². The van der Waals surface area contributed by atoms with Crippen LogP contribution in [-0.2, 0) is 10.0 Å². The Hall–Kier alpha value is -0.610. The van der Waals surface area contributed by atoms with Crippen LogP contribution in [0.2, 0.25) is 0 Å². The molecule has 0 spiro atoms. The molecule has 21 heavy (non-hydrogen) atoms. The molecule has 0 aliphatic heterocycles. The summed E-state index contributed by atoms with van der Waals surface area (Å²) < 4.78 is 27.0. The molecule has 0 fully saturated rings. The van der Waals surface area contributed by atoms with Gasteiger partial charge in [-0.25, -0.2) is 17.9 Å². The van der Waals surface area contributed by atoms with Crippen molar-refractivity contribution in [2.75, 3.05) is 24.7 Å². The standard InChI is InChI=1S/C12H16BrNO5S2/c13-10-3-2-9(12(16)17)8-11(10)21(18,19)14-4-7-20-6-1-5-15/h2-3,8,14-15H,1,4-7H2,(H,16,17). The number of aromatic carboxylic acids is 1. The Kier molecular flexibility index (Phi) is 7.67. The van der Waals surface area contributed by atoms with E-state index in [9.17, 15) is 13.2 Å². The molecule has 0 amide bonds. The summed E-state index contributed by atoms with van der Waals surface area (Å²) in [5, 5.41) is 17.5. The van der Waals surface area contributed by atoms with E-state index >= 15 is 0 Å². The highest BCUT2D eigenvalue weighted by Crippen LogP contribution is 2.23. The summed E-state index contributed by atoms with van der Waals surface area (Å²) in [4.78, 5) is 10.8. The number of aliphatic hydroxyl groups excluding tert-OH is 1. The zero-order valence-electron chi connectivity index (χ0n) is 11.1. The second kappa shape index (κ2) is 8.74. The van der Waals surface area contributed by atoms with E-state index in [4.69, 9.17) is 10.2 Å². The van der Waals surface area contributed by atoms with E-state index in [1.54, 1.807) is 0 Å². The summed E-state index contributed by atoms with van der Waals surface area (Å²) in [6.07, 6.45) is 0.670. The van der Waals surface area contributed by atoms with Crippen molar-refractivity contribution in [3.8, 4) is 0 Å². The SMILES string of the molecule is O=C(O)c1ccc(Br)c(S(=O)(=O)NCCSCCCO)c1. The van der Waals surface area contributed by atoms with Crippen LogP contribution in [0, 0.1) is 0 Å². The summed E-state index contributed by atoms with van der Waals surface area (Å²) in [6, 6.07) is 3.85.